The number of halogens is 3. The van der Waals surface area contributed by atoms with Crippen molar-refractivity contribution in [2.75, 3.05) is 19.6 Å². The minimum atomic E-state index is -4.21. The topological polar surface area (TPSA) is 15.3 Å². The maximum absolute atomic E-state index is 12.3. The van der Waals surface area contributed by atoms with Gasteiger partial charge in [0.25, 0.3) is 0 Å². The predicted octanol–water partition coefficient (Wildman–Crippen LogP) is 3.48. The lowest BCUT2D eigenvalue weighted by atomic mass is 9.93. The number of rotatable bonds is 3. The van der Waals surface area contributed by atoms with Crippen molar-refractivity contribution in [3.8, 4) is 0 Å². The molecule has 116 valence electrons. The lowest BCUT2D eigenvalue weighted by Gasteiger charge is -2.34. The van der Waals surface area contributed by atoms with Gasteiger partial charge in [0.2, 0.25) is 0 Å². The molecule has 6 heteroatoms. The molecule has 2 aliphatic rings. The first-order valence-electron chi connectivity index (χ1n) is 7.30. The zero-order valence-corrected chi connectivity index (χ0v) is 12.5. The molecule has 1 aromatic rings. The quantitative estimate of drug-likeness (QED) is 0.860. The number of hydrogen-bond acceptors (Lipinski definition) is 3. The van der Waals surface area contributed by atoms with Crippen LogP contribution in [0.4, 0.5) is 13.2 Å². The SMILES string of the molecule is FC(F)(F)Sc1ccc(CN2CCC3NCCC3C2)cc1. The number of nitrogens with zero attached hydrogens (tertiary/aromatic N) is 1. The number of benzene rings is 1. The Labute approximate surface area is 127 Å². The first-order chi connectivity index (χ1) is 9.99. The molecule has 0 aromatic heterocycles. The highest BCUT2D eigenvalue weighted by atomic mass is 32.2. The van der Waals surface area contributed by atoms with Crippen LogP contribution in [0.15, 0.2) is 29.2 Å². The smallest absolute Gasteiger partial charge is 0.314 e. The van der Waals surface area contributed by atoms with E-state index in [1.165, 1.54) is 12.8 Å². The maximum atomic E-state index is 12.3. The van der Waals surface area contributed by atoms with Gasteiger partial charge in [-0.3, -0.25) is 4.90 Å². The van der Waals surface area contributed by atoms with Gasteiger partial charge in [-0.05, 0) is 61.3 Å². The average Bonchev–Trinajstić information content (AvgIpc) is 2.87. The van der Waals surface area contributed by atoms with Gasteiger partial charge < -0.3 is 5.32 Å². The van der Waals surface area contributed by atoms with Crippen molar-refractivity contribution in [3.63, 3.8) is 0 Å². The molecule has 0 bridgehead atoms. The minimum absolute atomic E-state index is 0.0538. The van der Waals surface area contributed by atoms with Gasteiger partial charge in [0, 0.05) is 24.0 Å². The molecule has 0 aliphatic carbocycles. The monoisotopic (exact) mass is 316 g/mol. The second-order valence-corrected chi connectivity index (χ2v) is 6.96. The molecular weight excluding hydrogens is 297 g/mol. The molecule has 1 N–H and O–H groups in total. The Morgan fingerprint density at radius 2 is 1.95 bits per heavy atom. The third-order valence-electron chi connectivity index (χ3n) is 4.30. The summed E-state index contributed by atoms with van der Waals surface area (Å²) < 4.78 is 36.9. The number of nitrogens with one attached hydrogen (secondary N) is 1. The van der Waals surface area contributed by atoms with Crippen molar-refractivity contribution in [1.29, 1.82) is 0 Å². The lowest BCUT2D eigenvalue weighted by molar-refractivity contribution is -0.0328. The van der Waals surface area contributed by atoms with E-state index in [1.807, 2.05) is 12.1 Å². The van der Waals surface area contributed by atoms with Gasteiger partial charge in [-0.25, -0.2) is 0 Å². The summed E-state index contributed by atoms with van der Waals surface area (Å²) in [6.45, 7) is 4.11. The number of hydrogen-bond donors (Lipinski definition) is 1. The normalized spacial score (nSPS) is 26.8. The molecular formula is C15H19F3N2S. The van der Waals surface area contributed by atoms with Crippen LogP contribution in [0.5, 0.6) is 0 Å². The summed E-state index contributed by atoms with van der Waals surface area (Å²) in [5.41, 5.74) is -3.12. The van der Waals surface area contributed by atoms with E-state index in [2.05, 4.69) is 10.2 Å². The van der Waals surface area contributed by atoms with Gasteiger partial charge in [0.15, 0.2) is 0 Å². The zero-order chi connectivity index (χ0) is 14.9. The Hall–Kier alpha value is -0.720. The Morgan fingerprint density at radius 3 is 2.67 bits per heavy atom. The van der Waals surface area contributed by atoms with Gasteiger partial charge >= 0.3 is 5.51 Å². The fourth-order valence-electron chi connectivity index (χ4n) is 3.32. The van der Waals surface area contributed by atoms with Crippen LogP contribution in [0, 0.1) is 5.92 Å². The second kappa shape index (κ2) is 6.18. The number of alkyl halides is 3. The molecule has 2 aliphatic heterocycles. The van der Waals surface area contributed by atoms with Crippen molar-refractivity contribution in [2.45, 2.75) is 35.8 Å². The fraction of sp³-hybridized carbons (Fsp3) is 0.600. The molecule has 2 saturated heterocycles. The van der Waals surface area contributed by atoms with Crippen molar-refractivity contribution in [3.05, 3.63) is 29.8 Å². The number of fused-ring (bicyclic) bond motifs is 1. The molecule has 0 saturated carbocycles. The Morgan fingerprint density at radius 1 is 1.19 bits per heavy atom. The predicted molar refractivity (Wildman–Crippen MR) is 78.1 cm³/mol. The van der Waals surface area contributed by atoms with Crippen LogP contribution in [0.25, 0.3) is 0 Å². The first kappa shape index (κ1) is 15.2. The molecule has 0 spiro atoms. The van der Waals surface area contributed by atoms with Crippen molar-refractivity contribution < 1.29 is 13.2 Å². The van der Waals surface area contributed by atoms with Crippen molar-refractivity contribution in [2.24, 2.45) is 5.92 Å². The van der Waals surface area contributed by atoms with Gasteiger partial charge in [-0.15, -0.1) is 0 Å². The van der Waals surface area contributed by atoms with E-state index in [4.69, 9.17) is 0 Å². The van der Waals surface area contributed by atoms with E-state index in [1.54, 1.807) is 12.1 Å². The van der Waals surface area contributed by atoms with Crippen LogP contribution < -0.4 is 5.32 Å². The van der Waals surface area contributed by atoms with E-state index in [-0.39, 0.29) is 16.7 Å². The Balaban J connectivity index is 1.55. The summed E-state index contributed by atoms with van der Waals surface area (Å²) in [6, 6.07) is 7.43. The van der Waals surface area contributed by atoms with E-state index in [0.29, 0.717) is 6.04 Å². The average molecular weight is 316 g/mol. The fourth-order valence-corrected chi connectivity index (χ4v) is 3.86. The molecule has 3 rings (SSSR count). The lowest BCUT2D eigenvalue weighted by Crippen LogP contribution is -2.43. The number of likely N-dealkylation sites (tertiary alicyclic amines) is 1. The van der Waals surface area contributed by atoms with Crippen molar-refractivity contribution >= 4 is 11.8 Å². The zero-order valence-electron chi connectivity index (χ0n) is 11.7. The van der Waals surface area contributed by atoms with E-state index < -0.39 is 5.51 Å². The van der Waals surface area contributed by atoms with E-state index in [9.17, 15) is 13.2 Å². The highest BCUT2D eigenvalue weighted by Crippen LogP contribution is 2.36. The third kappa shape index (κ3) is 4.14. The molecule has 0 radical (unpaired) electrons. The van der Waals surface area contributed by atoms with Gasteiger partial charge in [-0.2, -0.15) is 13.2 Å². The molecule has 0 amide bonds. The molecule has 21 heavy (non-hydrogen) atoms. The summed E-state index contributed by atoms with van der Waals surface area (Å²) in [4.78, 5) is 2.67. The third-order valence-corrected chi connectivity index (χ3v) is 5.04. The van der Waals surface area contributed by atoms with Gasteiger partial charge in [0.1, 0.15) is 0 Å². The van der Waals surface area contributed by atoms with Gasteiger partial charge in [-0.1, -0.05) is 12.1 Å². The minimum Gasteiger partial charge on any atom is -0.314 e. The molecule has 2 unspecified atom stereocenters. The summed E-state index contributed by atoms with van der Waals surface area (Å²) in [6.07, 6.45) is 2.41. The first-order valence-corrected chi connectivity index (χ1v) is 8.12. The van der Waals surface area contributed by atoms with E-state index >= 15 is 0 Å². The second-order valence-electron chi connectivity index (χ2n) is 5.82. The molecule has 2 nitrogen and oxygen atoms in total. The highest BCUT2D eigenvalue weighted by molar-refractivity contribution is 8.00. The summed E-state index contributed by atoms with van der Waals surface area (Å²) >= 11 is -0.0538. The summed E-state index contributed by atoms with van der Waals surface area (Å²) in [5.74, 6) is 0.735. The van der Waals surface area contributed by atoms with Crippen LogP contribution in [-0.4, -0.2) is 36.1 Å². The summed E-state index contributed by atoms with van der Waals surface area (Å²) in [7, 11) is 0. The molecule has 2 fully saturated rings. The standard InChI is InChI=1S/C15H19F3N2S/c16-15(17,18)21-13-3-1-11(2-4-13)9-20-8-6-14-12(10-20)5-7-19-14/h1-4,12,14,19H,5-10H2. The van der Waals surface area contributed by atoms with Crippen LogP contribution in [0.2, 0.25) is 0 Å². The largest absolute Gasteiger partial charge is 0.446 e. The number of thioether (sulfide) groups is 1. The van der Waals surface area contributed by atoms with Crippen LogP contribution in [0.3, 0.4) is 0 Å². The molecule has 2 atom stereocenters. The van der Waals surface area contributed by atoms with E-state index in [0.717, 1.165) is 37.7 Å². The van der Waals surface area contributed by atoms with Gasteiger partial charge in [0.05, 0.1) is 0 Å². The van der Waals surface area contributed by atoms with Crippen LogP contribution in [0.1, 0.15) is 18.4 Å². The van der Waals surface area contributed by atoms with Crippen LogP contribution in [-0.2, 0) is 6.54 Å². The molecule has 2 heterocycles. The molecule has 1 aromatic carbocycles. The summed E-state index contributed by atoms with van der Waals surface area (Å²) in [5, 5.41) is 3.54. The maximum Gasteiger partial charge on any atom is 0.446 e. The van der Waals surface area contributed by atoms with Crippen molar-refractivity contribution in [1.82, 2.24) is 10.2 Å². The highest BCUT2D eigenvalue weighted by Gasteiger charge is 2.32. The van der Waals surface area contributed by atoms with Crippen LogP contribution >= 0.6 is 11.8 Å². The number of piperidine rings is 1. The Bertz CT molecular complexity index is 475. The Kier molecular flexibility index (Phi) is 4.47.